The third-order valence-corrected chi connectivity index (χ3v) is 6.15. The highest BCUT2D eigenvalue weighted by Crippen LogP contribution is 2.34. The van der Waals surface area contributed by atoms with Crippen molar-refractivity contribution in [2.45, 2.75) is 34.7 Å². The molecule has 0 bridgehead atoms. The third-order valence-electron chi connectivity index (χ3n) is 4.74. The molecule has 0 saturated carbocycles. The second-order valence-electron chi connectivity index (χ2n) is 6.86. The first-order chi connectivity index (χ1) is 16.2. The molecular weight excluding hydrogens is 497 g/mol. The van der Waals surface area contributed by atoms with Crippen LogP contribution in [0.15, 0.2) is 41.6 Å². The van der Waals surface area contributed by atoms with E-state index in [4.69, 9.17) is 27.3 Å². The highest BCUT2D eigenvalue weighted by Gasteiger charge is 2.44. The number of hydrogen-bond donors (Lipinski definition) is 5. The molecule has 6 N–H and O–H groups in total. The number of ether oxygens (including phenoxy) is 1. The molecule has 34 heavy (non-hydrogen) atoms. The van der Waals surface area contributed by atoms with Crippen LogP contribution >= 0.6 is 23.4 Å². The van der Waals surface area contributed by atoms with Crippen molar-refractivity contribution in [1.29, 1.82) is 5.26 Å². The number of nitrogens with two attached hydrogens (primary N) is 1. The lowest BCUT2D eigenvalue weighted by Crippen LogP contribution is -2.62. The Hall–Kier alpha value is -2.53. The smallest absolute Gasteiger partial charge is 0.159 e. The van der Waals surface area contributed by atoms with Gasteiger partial charge in [-0.05, 0) is 24.3 Å². The number of halogens is 4. The Kier molecular flexibility index (Phi) is 10.4. The molecule has 1 aromatic carbocycles. The largest absolute Gasteiger partial charge is 0.397 e. The van der Waals surface area contributed by atoms with Crippen LogP contribution in [0.25, 0.3) is 5.70 Å². The Morgan fingerprint density at radius 2 is 2.00 bits per heavy atom. The van der Waals surface area contributed by atoms with Gasteiger partial charge in [-0.2, -0.15) is 5.26 Å². The molecule has 8 nitrogen and oxygen atoms in total. The number of nitrogens with one attached hydrogen (secondary N) is 1. The van der Waals surface area contributed by atoms with E-state index in [9.17, 15) is 28.5 Å². The fraction of sp³-hybridized carbons (Fsp3) is 0.333. The van der Waals surface area contributed by atoms with E-state index < -0.39 is 48.0 Å². The Labute approximate surface area is 202 Å². The Morgan fingerprint density at radius 3 is 2.59 bits per heavy atom. The van der Waals surface area contributed by atoms with E-state index in [1.165, 1.54) is 24.5 Å². The molecule has 1 aliphatic rings. The number of aromatic nitrogens is 1. The predicted octanol–water partition coefficient (Wildman–Crippen LogP) is 1.92. The van der Waals surface area contributed by atoms with Crippen molar-refractivity contribution < 1.29 is 33.2 Å². The predicted molar refractivity (Wildman–Crippen MR) is 120 cm³/mol. The van der Waals surface area contributed by atoms with Crippen molar-refractivity contribution in [3.63, 3.8) is 0 Å². The maximum Gasteiger partial charge on any atom is 0.159 e. The fourth-order valence-corrected chi connectivity index (χ4v) is 4.38. The molecule has 5 atom stereocenters. The van der Waals surface area contributed by atoms with Crippen molar-refractivity contribution in [2.75, 3.05) is 13.8 Å². The van der Waals surface area contributed by atoms with E-state index in [1.807, 2.05) is 6.07 Å². The van der Waals surface area contributed by atoms with E-state index in [0.717, 1.165) is 23.9 Å². The second-order valence-corrected chi connectivity index (χ2v) is 8.44. The van der Waals surface area contributed by atoms with Gasteiger partial charge in [0.25, 0.3) is 0 Å². The molecule has 184 valence electrons. The summed E-state index contributed by atoms with van der Waals surface area (Å²) in [7, 11) is 0.500. The summed E-state index contributed by atoms with van der Waals surface area (Å²) in [4.78, 5) is 4.41. The summed E-state index contributed by atoms with van der Waals surface area (Å²) in [6, 6.07) is 5.41. The Morgan fingerprint density at radius 1 is 1.29 bits per heavy atom. The molecule has 1 saturated heterocycles. The molecule has 0 radical (unpaired) electrons. The summed E-state index contributed by atoms with van der Waals surface area (Å²) >= 11 is 7.02. The van der Waals surface area contributed by atoms with Crippen molar-refractivity contribution in [3.05, 3.63) is 64.6 Å². The maximum absolute atomic E-state index is 13.5. The minimum atomic E-state index is -1.32. The summed E-state index contributed by atoms with van der Waals surface area (Å²) < 4.78 is 41.7. The minimum Gasteiger partial charge on any atom is -0.397 e. The van der Waals surface area contributed by atoms with Gasteiger partial charge in [-0.1, -0.05) is 23.4 Å². The lowest BCUT2D eigenvalue weighted by Gasteiger charge is -2.42. The molecule has 5 unspecified atom stereocenters. The maximum atomic E-state index is 13.5. The Bertz CT molecular complexity index is 1060. The molecule has 2 heterocycles. The lowest BCUT2D eigenvalue weighted by molar-refractivity contribution is -0.164. The van der Waals surface area contributed by atoms with Crippen LogP contribution in [0.3, 0.4) is 0 Å². The second kappa shape index (κ2) is 12.8. The SMILES string of the molecule is CF.N#Cc1ncc(SC2OC(CO)C(O)C(N/C=C(\N)c3ccc(F)c(F)c3)C2O)cc1Cl. The van der Waals surface area contributed by atoms with Crippen molar-refractivity contribution >= 4 is 29.1 Å². The first kappa shape index (κ1) is 27.7. The van der Waals surface area contributed by atoms with Crippen LogP contribution in [0.5, 0.6) is 0 Å². The van der Waals surface area contributed by atoms with Crippen LogP contribution in [-0.2, 0) is 4.74 Å². The number of thioether (sulfide) groups is 1. The number of rotatable bonds is 6. The van der Waals surface area contributed by atoms with Gasteiger partial charge in [0.05, 0.1) is 30.5 Å². The first-order valence-corrected chi connectivity index (χ1v) is 10.9. The third kappa shape index (κ3) is 6.53. The van der Waals surface area contributed by atoms with Crippen LogP contribution in [0, 0.1) is 23.0 Å². The molecule has 0 amide bonds. The number of aliphatic hydroxyl groups excluding tert-OH is 3. The van der Waals surface area contributed by atoms with Gasteiger partial charge in [0.2, 0.25) is 0 Å². The fourth-order valence-electron chi connectivity index (χ4n) is 3.03. The van der Waals surface area contributed by atoms with Gasteiger partial charge in [-0.3, -0.25) is 4.39 Å². The number of benzene rings is 1. The van der Waals surface area contributed by atoms with Gasteiger partial charge in [0, 0.05) is 22.9 Å². The zero-order valence-electron chi connectivity index (χ0n) is 17.7. The number of nitrogens with zero attached hydrogens (tertiary/aromatic N) is 2. The van der Waals surface area contributed by atoms with Crippen LogP contribution in [0.4, 0.5) is 13.2 Å². The Balaban J connectivity index is 0.00000199. The highest BCUT2D eigenvalue weighted by molar-refractivity contribution is 7.99. The minimum absolute atomic E-state index is 0.0302. The van der Waals surface area contributed by atoms with E-state index >= 15 is 0 Å². The number of hydrogen-bond acceptors (Lipinski definition) is 9. The highest BCUT2D eigenvalue weighted by atomic mass is 35.5. The van der Waals surface area contributed by atoms with Crippen molar-refractivity contribution in [3.8, 4) is 6.07 Å². The lowest BCUT2D eigenvalue weighted by atomic mass is 9.97. The number of pyridine rings is 1. The van der Waals surface area contributed by atoms with Gasteiger partial charge in [0.15, 0.2) is 17.3 Å². The summed E-state index contributed by atoms with van der Waals surface area (Å²) in [5, 5.41) is 42.7. The topological polar surface area (TPSA) is 145 Å². The van der Waals surface area contributed by atoms with Crippen LogP contribution in [0.2, 0.25) is 5.02 Å². The molecule has 1 aliphatic heterocycles. The zero-order valence-corrected chi connectivity index (χ0v) is 19.3. The van der Waals surface area contributed by atoms with Gasteiger partial charge < -0.3 is 31.1 Å². The average molecular weight is 519 g/mol. The molecule has 2 aromatic rings. The van der Waals surface area contributed by atoms with E-state index in [2.05, 4.69) is 10.3 Å². The van der Waals surface area contributed by atoms with Crippen LogP contribution in [0.1, 0.15) is 11.3 Å². The quantitative estimate of drug-likeness (QED) is 0.387. The average Bonchev–Trinajstić information content (AvgIpc) is 2.83. The number of aliphatic hydroxyl groups is 3. The van der Waals surface area contributed by atoms with E-state index in [0.29, 0.717) is 12.1 Å². The van der Waals surface area contributed by atoms with E-state index in [1.54, 1.807) is 0 Å². The summed E-state index contributed by atoms with van der Waals surface area (Å²) in [6.45, 7) is -0.530. The standard InChI is InChI=1S/C20H19ClF2N4O4S.CH3F/c21-11-4-10(6-26-15(11)5-24)32-20-19(30)17(18(29)16(8-28)31-20)27-7-14(25)9-1-2-12(22)13(23)3-9;1-2/h1-4,6-7,16-20,27-30H,8,25H2;1H3/b14-7-;. The summed E-state index contributed by atoms with van der Waals surface area (Å²) in [5.41, 5.74) is 5.22. The van der Waals surface area contributed by atoms with E-state index in [-0.39, 0.29) is 22.0 Å². The first-order valence-electron chi connectivity index (χ1n) is 9.64. The molecule has 1 aromatic heterocycles. The zero-order chi connectivity index (χ0) is 25.4. The normalized spacial score (nSPS) is 24.6. The van der Waals surface area contributed by atoms with Gasteiger partial charge in [0.1, 0.15) is 29.8 Å². The molecule has 3 rings (SSSR count). The van der Waals surface area contributed by atoms with Crippen LogP contribution in [-0.4, -0.2) is 63.9 Å². The molecule has 0 aliphatic carbocycles. The molecule has 1 fully saturated rings. The molecule has 13 heteroatoms. The van der Waals surface area contributed by atoms with Crippen molar-refractivity contribution in [1.82, 2.24) is 10.3 Å². The van der Waals surface area contributed by atoms with Gasteiger partial charge in [-0.25, -0.2) is 13.8 Å². The number of nitriles is 1. The monoisotopic (exact) mass is 518 g/mol. The van der Waals surface area contributed by atoms with Crippen molar-refractivity contribution in [2.24, 2.45) is 5.73 Å². The molecular formula is C21H22ClF3N4O4S. The molecule has 0 spiro atoms. The summed E-state index contributed by atoms with van der Waals surface area (Å²) in [6.07, 6.45) is -1.02. The summed E-state index contributed by atoms with van der Waals surface area (Å²) in [5.74, 6) is -2.09. The number of alkyl halides is 1. The van der Waals surface area contributed by atoms with Gasteiger partial charge >= 0.3 is 0 Å². The van der Waals surface area contributed by atoms with Crippen LogP contribution < -0.4 is 11.1 Å². The van der Waals surface area contributed by atoms with Gasteiger partial charge in [-0.15, -0.1) is 0 Å².